The topological polar surface area (TPSA) is 24.5 Å². The molecule has 1 aliphatic rings. The van der Waals surface area contributed by atoms with Gasteiger partial charge in [-0.15, -0.1) is 12.4 Å². The number of ether oxygens (including phenoxy) is 1. The fourth-order valence-electron chi connectivity index (χ4n) is 2.87. The van der Waals surface area contributed by atoms with Crippen LogP contribution in [0.3, 0.4) is 0 Å². The van der Waals surface area contributed by atoms with E-state index < -0.39 is 0 Å². The van der Waals surface area contributed by atoms with Gasteiger partial charge >= 0.3 is 0 Å². The van der Waals surface area contributed by atoms with Crippen molar-refractivity contribution in [2.45, 2.75) is 38.8 Å². The fraction of sp³-hybridized carbons (Fsp3) is 0.625. The van der Waals surface area contributed by atoms with Crippen LogP contribution in [0, 0.1) is 0 Å². The van der Waals surface area contributed by atoms with E-state index in [0.717, 1.165) is 31.9 Å². The predicted octanol–water partition coefficient (Wildman–Crippen LogP) is 3.84. The normalized spacial score (nSPS) is 15.8. The second-order valence-corrected chi connectivity index (χ2v) is 6.26. The number of halogens is 2. The highest BCUT2D eigenvalue weighted by atomic mass is 79.9. The number of nitrogens with zero attached hydrogens (tertiary/aromatic N) is 1. The van der Waals surface area contributed by atoms with Crippen molar-refractivity contribution in [3.63, 3.8) is 0 Å². The monoisotopic (exact) mass is 376 g/mol. The minimum Gasteiger partial charge on any atom is -0.497 e. The zero-order valence-corrected chi connectivity index (χ0v) is 15.3. The summed E-state index contributed by atoms with van der Waals surface area (Å²) in [5, 5.41) is 3.45. The Morgan fingerprint density at radius 3 is 2.67 bits per heavy atom. The molecule has 21 heavy (non-hydrogen) atoms. The van der Waals surface area contributed by atoms with Gasteiger partial charge in [0.2, 0.25) is 0 Å². The molecule has 2 rings (SSSR count). The van der Waals surface area contributed by atoms with Crippen molar-refractivity contribution in [2.75, 3.05) is 26.7 Å². The summed E-state index contributed by atoms with van der Waals surface area (Å²) >= 11 is 3.67. The van der Waals surface area contributed by atoms with E-state index in [1.165, 1.54) is 29.3 Å². The quantitative estimate of drug-likeness (QED) is 0.815. The van der Waals surface area contributed by atoms with E-state index in [1.807, 2.05) is 6.07 Å². The summed E-state index contributed by atoms with van der Waals surface area (Å²) in [5.41, 5.74) is 1.32. The van der Waals surface area contributed by atoms with Crippen LogP contribution in [-0.2, 0) is 6.54 Å². The lowest BCUT2D eigenvalue weighted by Gasteiger charge is -2.34. The van der Waals surface area contributed by atoms with Crippen molar-refractivity contribution in [1.82, 2.24) is 10.2 Å². The molecule has 1 aromatic carbocycles. The third-order valence-corrected chi connectivity index (χ3v) is 4.74. The first kappa shape index (κ1) is 18.8. The maximum absolute atomic E-state index is 5.35. The Balaban J connectivity index is 0.00000220. The van der Waals surface area contributed by atoms with Crippen molar-refractivity contribution < 1.29 is 4.74 Å². The average molecular weight is 378 g/mol. The number of hydrogen-bond donors (Lipinski definition) is 1. The largest absolute Gasteiger partial charge is 0.497 e. The third kappa shape index (κ3) is 5.44. The Bertz CT molecular complexity index is 425. The molecule has 1 N–H and O–H groups in total. The van der Waals surface area contributed by atoms with Gasteiger partial charge in [0.25, 0.3) is 0 Å². The highest BCUT2D eigenvalue weighted by molar-refractivity contribution is 9.10. The maximum Gasteiger partial charge on any atom is 0.119 e. The van der Waals surface area contributed by atoms with Gasteiger partial charge in [-0.3, -0.25) is 4.90 Å². The molecule has 0 unspecified atom stereocenters. The second kappa shape index (κ2) is 9.67. The predicted molar refractivity (Wildman–Crippen MR) is 94.5 cm³/mol. The fourth-order valence-corrected chi connectivity index (χ4v) is 3.24. The van der Waals surface area contributed by atoms with Gasteiger partial charge in [-0.05, 0) is 62.7 Å². The molecule has 0 amide bonds. The Labute approximate surface area is 143 Å². The number of nitrogens with one attached hydrogen (secondary N) is 1. The molecule has 0 aromatic heterocycles. The van der Waals surface area contributed by atoms with Crippen LogP contribution in [-0.4, -0.2) is 37.7 Å². The van der Waals surface area contributed by atoms with Crippen LogP contribution < -0.4 is 10.1 Å². The number of rotatable bonds is 6. The van der Waals surface area contributed by atoms with Gasteiger partial charge in [0.05, 0.1) is 7.11 Å². The summed E-state index contributed by atoms with van der Waals surface area (Å²) in [6, 6.07) is 6.94. The van der Waals surface area contributed by atoms with Gasteiger partial charge in [-0.2, -0.15) is 0 Å². The second-order valence-electron chi connectivity index (χ2n) is 5.41. The lowest BCUT2D eigenvalue weighted by molar-refractivity contribution is 0.154. The van der Waals surface area contributed by atoms with E-state index in [1.54, 1.807) is 7.11 Å². The summed E-state index contributed by atoms with van der Waals surface area (Å²) in [5.74, 6) is 0.935. The van der Waals surface area contributed by atoms with Crippen LogP contribution in [0.4, 0.5) is 0 Å². The first-order valence-corrected chi connectivity index (χ1v) is 8.31. The van der Waals surface area contributed by atoms with Gasteiger partial charge in [0, 0.05) is 17.1 Å². The Morgan fingerprint density at radius 1 is 1.33 bits per heavy atom. The van der Waals surface area contributed by atoms with Crippen LogP contribution in [0.5, 0.6) is 5.75 Å². The first-order chi connectivity index (χ1) is 9.74. The lowest BCUT2D eigenvalue weighted by Crippen LogP contribution is -2.43. The minimum atomic E-state index is 0. The summed E-state index contributed by atoms with van der Waals surface area (Å²) in [6.45, 7) is 6.70. The zero-order chi connectivity index (χ0) is 14.4. The molecule has 1 aliphatic heterocycles. The number of piperidine rings is 1. The van der Waals surface area contributed by atoms with E-state index in [-0.39, 0.29) is 12.4 Å². The molecule has 0 radical (unpaired) electrons. The van der Waals surface area contributed by atoms with E-state index >= 15 is 0 Å². The molecule has 0 saturated carbocycles. The molecule has 0 atom stereocenters. The van der Waals surface area contributed by atoms with Crippen molar-refractivity contribution >= 4 is 28.3 Å². The molecule has 1 heterocycles. The summed E-state index contributed by atoms with van der Waals surface area (Å²) in [7, 11) is 1.73. The molecular weight excluding hydrogens is 352 g/mol. The van der Waals surface area contributed by atoms with Crippen LogP contribution in [0.25, 0.3) is 0 Å². The molecule has 0 spiro atoms. The number of methoxy groups -OCH3 is 1. The molecule has 0 bridgehead atoms. The van der Waals surface area contributed by atoms with E-state index in [9.17, 15) is 0 Å². The van der Waals surface area contributed by atoms with Crippen LogP contribution in [0.1, 0.15) is 31.7 Å². The SMILES string of the molecule is CCCN(Cc1cc(OC)ccc1Br)C1CCNCC1.Cl. The molecule has 3 nitrogen and oxygen atoms in total. The molecule has 1 aromatic rings. The van der Waals surface area contributed by atoms with Crippen LogP contribution >= 0.6 is 28.3 Å². The van der Waals surface area contributed by atoms with Crippen molar-refractivity contribution in [3.8, 4) is 5.75 Å². The molecule has 0 aliphatic carbocycles. The Hall–Kier alpha value is -0.290. The maximum atomic E-state index is 5.35. The average Bonchev–Trinajstić information content (AvgIpc) is 2.49. The van der Waals surface area contributed by atoms with Gasteiger partial charge in [0.1, 0.15) is 5.75 Å². The number of hydrogen-bond acceptors (Lipinski definition) is 3. The molecule has 1 fully saturated rings. The smallest absolute Gasteiger partial charge is 0.119 e. The van der Waals surface area contributed by atoms with Gasteiger partial charge in [-0.25, -0.2) is 0 Å². The summed E-state index contributed by atoms with van der Waals surface area (Å²) in [6.07, 6.45) is 3.70. The van der Waals surface area contributed by atoms with Crippen molar-refractivity contribution in [2.24, 2.45) is 0 Å². The Morgan fingerprint density at radius 2 is 2.05 bits per heavy atom. The molecule has 120 valence electrons. The van der Waals surface area contributed by atoms with E-state index in [2.05, 4.69) is 45.2 Å². The van der Waals surface area contributed by atoms with Crippen molar-refractivity contribution in [1.29, 1.82) is 0 Å². The minimum absolute atomic E-state index is 0. The van der Waals surface area contributed by atoms with Crippen LogP contribution in [0.2, 0.25) is 0 Å². The molecular formula is C16H26BrClN2O. The summed E-state index contributed by atoms with van der Waals surface area (Å²) < 4.78 is 6.52. The van der Waals surface area contributed by atoms with Gasteiger partial charge < -0.3 is 10.1 Å². The highest BCUT2D eigenvalue weighted by Gasteiger charge is 2.21. The summed E-state index contributed by atoms with van der Waals surface area (Å²) in [4.78, 5) is 2.63. The molecule has 5 heteroatoms. The zero-order valence-electron chi connectivity index (χ0n) is 12.9. The molecule has 1 saturated heterocycles. The standard InChI is InChI=1S/C16H25BrN2O.ClH/c1-3-10-19(14-6-8-18-9-7-14)12-13-11-15(20-2)4-5-16(13)17;/h4-5,11,14,18H,3,6-10,12H2,1-2H3;1H. The number of benzene rings is 1. The first-order valence-electron chi connectivity index (χ1n) is 7.51. The van der Waals surface area contributed by atoms with Crippen molar-refractivity contribution in [3.05, 3.63) is 28.2 Å². The lowest BCUT2D eigenvalue weighted by atomic mass is 10.0. The highest BCUT2D eigenvalue weighted by Crippen LogP contribution is 2.25. The van der Waals surface area contributed by atoms with Crippen LogP contribution in [0.15, 0.2) is 22.7 Å². The van der Waals surface area contributed by atoms with Gasteiger partial charge in [-0.1, -0.05) is 22.9 Å². The van der Waals surface area contributed by atoms with E-state index in [0.29, 0.717) is 6.04 Å². The Kier molecular flexibility index (Phi) is 8.64. The van der Waals surface area contributed by atoms with E-state index in [4.69, 9.17) is 4.74 Å². The third-order valence-electron chi connectivity index (χ3n) is 3.96. The van der Waals surface area contributed by atoms with Gasteiger partial charge in [0.15, 0.2) is 0 Å².